The minimum atomic E-state index is -2.01. The van der Waals surface area contributed by atoms with Gasteiger partial charge in [-0.1, -0.05) is 23.2 Å². The highest BCUT2D eigenvalue weighted by Gasteiger charge is 2.24. The number of carboxylic acids is 1. The number of rotatable bonds is 2. The molecule has 1 rings (SSSR count). The lowest BCUT2D eigenvalue weighted by Crippen LogP contribution is -2.13. The van der Waals surface area contributed by atoms with Gasteiger partial charge >= 0.3 is 5.97 Å². The first-order valence-corrected chi connectivity index (χ1v) is 4.25. The number of aliphatic hydroxyl groups is 1. The first-order chi connectivity index (χ1) is 6.45. The SMILES string of the molecule is O=C(O)C(O)c1c(Cl)ccc(Cl)c1F. The molecule has 1 aromatic rings. The Hall–Kier alpha value is -0.840. The van der Waals surface area contributed by atoms with Gasteiger partial charge in [0.1, 0.15) is 5.82 Å². The van der Waals surface area contributed by atoms with Gasteiger partial charge in [0.15, 0.2) is 6.10 Å². The molecule has 0 amide bonds. The third kappa shape index (κ3) is 1.97. The van der Waals surface area contributed by atoms with Gasteiger partial charge < -0.3 is 10.2 Å². The highest BCUT2D eigenvalue weighted by Crippen LogP contribution is 2.30. The molecule has 0 aliphatic carbocycles. The van der Waals surface area contributed by atoms with Gasteiger partial charge in [-0.2, -0.15) is 0 Å². The van der Waals surface area contributed by atoms with Crippen molar-refractivity contribution in [1.82, 2.24) is 0 Å². The van der Waals surface area contributed by atoms with Crippen molar-refractivity contribution in [2.24, 2.45) is 0 Å². The molecule has 1 atom stereocenters. The van der Waals surface area contributed by atoms with E-state index in [4.69, 9.17) is 33.4 Å². The number of benzene rings is 1. The lowest BCUT2D eigenvalue weighted by atomic mass is 10.1. The van der Waals surface area contributed by atoms with Gasteiger partial charge in [0.05, 0.1) is 10.0 Å². The molecule has 0 heterocycles. The quantitative estimate of drug-likeness (QED) is 0.778. The fourth-order valence-corrected chi connectivity index (χ4v) is 1.33. The van der Waals surface area contributed by atoms with E-state index < -0.39 is 23.5 Å². The van der Waals surface area contributed by atoms with E-state index >= 15 is 0 Å². The Morgan fingerprint density at radius 3 is 2.36 bits per heavy atom. The summed E-state index contributed by atoms with van der Waals surface area (Å²) >= 11 is 10.9. The summed E-state index contributed by atoms with van der Waals surface area (Å²) in [5.41, 5.74) is -0.522. The highest BCUT2D eigenvalue weighted by atomic mass is 35.5. The second kappa shape index (κ2) is 4.13. The molecular weight excluding hydrogens is 234 g/mol. The maximum absolute atomic E-state index is 13.2. The van der Waals surface area contributed by atoms with Gasteiger partial charge in [0.25, 0.3) is 0 Å². The van der Waals surface area contributed by atoms with E-state index in [1.54, 1.807) is 0 Å². The van der Waals surface area contributed by atoms with Crippen LogP contribution in [0.5, 0.6) is 0 Å². The highest BCUT2D eigenvalue weighted by molar-refractivity contribution is 6.33. The Balaban J connectivity index is 3.32. The molecule has 76 valence electrons. The Bertz CT molecular complexity index is 381. The summed E-state index contributed by atoms with van der Waals surface area (Å²) in [7, 11) is 0. The van der Waals surface area contributed by atoms with E-state index in [-0.39, 0.29) is 10.0 Å². The lowest BCUT2D eigenvalue weighted by Gasteiger charge is -2.09. The fourth-order valence-electron chi connectivity index (χ4n) is 0.917. The zero-order valence-corrected chi connectivity index (χ0v) is 8.18. The van der Waals surface area contributed by atoms with Gasteiger partial charge in [-0.3, -0.25) is 0 Å². The second-order valence-corrected chi connectivity index (χ2v) is 3.31. The predicted octanol–water partition coefficient (Wildman–Crippen LogP) is 2.25. The maximum atomic E-state index is 13.2. The topological polar surface area (TPSA) is 57.5 Å². The van der Waals surface area contributed by atoms with E-state index in [0.717, 1.165) is 0 Å². The van der Waals surface area contributed by atoms with Crippen LogP contribution in [0.2, 0.25) is 10.0 Å². The Morgan fingerprint density at radius 2 is 1.86 bits per heavy atom. The summed E-state index contributed by atoms with van der Waals surface area (Å²) in [6.07, 6.45) is -2.01. The molecule has 0 aromatic heterocycles. The summed E-state index contributed by atoms with van der Waals surface area (Å²) in [6.45, 7) is 0. The average Bonchev–Trinajstić information content (AvgIpc) is 2.12. The van der Waals surface area contributed by atoms with Crippen molar-refractivity contribution in [2.75, 3.05) is 0 Å². The Morgan fingerprint density at radius 1 is 1.36 bits per heavy atom. The number of carboxylic acid groups (broad SMARTS) is 1. The first-order valence-electron chi connectivity index (χ1n) is 3.49. The number of aliphatic hydroxyl groups excluding tert-OH is 1. The van der Waals surface area contributed by atoms with Crippen LogP contribution in [0.3, 0.4) is 0 Å². The number of carbonyl (C=O) groups is 1. The normalized spacial score (nSPS) is 12.6. The van der Waals surface area contributed by atoms with Gasteiger partial charge in [-0.25, -0.2) is 9.18 Å². The molecule has 0 aliphatic heterocycles. The Labute approximate surface area is 88.7 Å². The lowest BCUT2D eigenvalue weighted by molar-refractivity contribution is -0.147. The molecule has 0 spiro atoms. The van der Waals surface area contributed by atoms with Crippen LogP contribution >= 0.6 is 23.2 Å². The van der Waals surface area contributed by atoms with Crippen molar-refractivity contribution < 1.29 is 19.4 Å². The van der Waals surface area contributed by atoms with Crippen molar-refractivity contribution in [2.45, 2.75) is 6.10 Å². The van der Waals surface area contributed by atoms with Crippen LogP contribution in [0.25, 0.3) is 0 Å². The molecule has 0 bridgehead atoms. The predicted molar refractivity (Wildman–Crippen MR) is 49.0 cm³/mol. The van der Waals surface area contributed by atoms with Gasteiger partial charge in [0, 0.05) is 5.56 Å². The van der Waals surface area contributed by atoms with E-state index in [1.807, 2.05) is 0 Å². The largest absolute Gasteiger partial charge is 0.479 e. The molecular formula is C8H5Cl2FO3. The van der Waals surface area contributed by atoms with Crippen molar-refractivity contribution >= 4 is 29.2 Å². The molecule has 2 N–H and O–H groups in total. The van der Waals surface area contributed by atoms with Crippen LogP contribution in [0.1, 0.15) is 11.7 Å². The van der Waals surface area contributed by atoms with E-state index in [0.29, 0.717) is 0 Å². The van der Waals surface area contributed by atoms with Crippen LogP contribution < -0.4 is 0 Å². The molecule has 14 heavy (non-hydrogen) atoms. The van der Waals surface area contributed by atoms with Gasteiger partial charge in [0.2, 0.25) is 0 Å². The molecule has 0 saturated carbocycles. The third-order valence-electron chi connectivity index (χ3n) is 1.59. The third-order valence-corrected chi connectivity index (χ3v) is 2.21. The van der Waals surface area contributed by atoms with E-state index in [2.05, 4.69) is 0 Å². The van der Waals surface area contributed by atoms with Crippen LogP contribution in [-0.2, 0) is 4.79 Å². The molecule has 0 radical (unpaired) electrons. The number of hydrogen-bond donors (Lipinski definition) is 2. The molecule has 0 saturated heterocycles. The average molecular weight is 239 g/mol. The summed E-state index contributed by atoms with van der Waals surface area (Å²) in [4.78, 5) is 10.4. The number of halogens is 3. The zero-order valence-electron chi connectivity index (χ0n) is 6.67. The van der Waals surface area contributed by atoms with Gasteiger partial charge in [-0.05, 0) is 12.1 Å². The molecule has 1 aromatic carbocycles. The molecule has 0 fully saturated rings. The number of hydrogen-bond acceptors (Lipinski definition) is 2. The standard InChI is InChI=1S/C8H5Cl2FO3/c9-3-1-2-4(10)6(11)5(3)7(12)8(13)14/h1-2,7,12H,(H,13,14). The zero-order chi connectivity index (χ0) is 10.9. The maximum Gasteiger partial charge on any atom is 0.337 e. The molecule has 0 aliphatic rings. The van der Waals surface area contributed by atoms with Crippen LogP contribution in [0.4, 0.5) is 4.39 Å². The van der Waals surface area contributed by atoms with E-state index in [9.17, 15) is 9.18 Å². The van der Waals surface area contributed by atoms with Crippen LogP contribution in [0.15, 0.2) is 12.1 Å². The van der Waals surface area contributed by atoms with Crippen molar-refractivity contribution in [3.05, 3.63) is 33.6 Å². The molecule has 3 nitrogen and oxygen atoms in total. The summed E-state index contributed by atoms with van der Waals surface area (Å²) < 4.78 is 13.2. The fraction of sp³-hybridized carbons (Fsp3) is 0.125. The van der Waals surface area contributed by atoms with Crippen LogP contribution in [-0.4, -0.2) is 16.2 Å². The van der Waals surface area contributed by atoms with Crippen molar-refractivity contribution in [3.63, 3.8) is 0 Å². The minimum absolute atomic E-state index is 0.179. The van der Waals surface area contributed by atoms with Gasteiger partial charge in [-0.15, -0.1) is 0 Å². The molecule has 1 unspecified atom stereocenters. The minimum Gasteiger partial charge on any atom is -0.479 e. The summed E-state index contributed by atoms with van der Waals surface area (Å²) in [5, 5.41) is 17.1. The van der Waals surface area contributed by atoms with E-state index in [1.165, 1.54) is 12.1 Å². The summed E-state index contributed by atoms with van der Waals surface area (Å²) in [5.74, 6) is -2.61. The van der Waals surface area contributed by atoms with Crippen LogP contribution in [0, 0.1) is 5.82 Å². The van der Waals surface area contributed by atoms with Crippen molar-refractivity contribution in [1.29, 1.82) is 0 Å². The Kier molecular flexibility index (Phi) is 3.31. The monoisotopic (exact) mass is 238 g/mol. The summed E-state index contributed by atoms with van der Waals surface area (Å²) in [6, 6.07) is 2.39. The van der Waals surface area contributed by atoms with Crippen molar-refractivity contribution in [3.8, 4) is 0 Å². The second-order valence-electron chi connectivity index (χ2n) is 2.50. The smallest absolute Gasteiger partial charge is 0.337 e. The first kappa shape index (κ1) is 11.2. The number of aliphatic carboxylic acids is 1. The molecule has 6 heteroatoms.